The van der Waals surface area contributed by atoms with Gasteiger partial charge in [-0.15, -0.1) is 0 Å². The van der Waals surface area contributed by atoms with Crippen LogP contribution in [0.3, 0.4) is 0 Å². The molecule has 0 fully saturated rings. The molecule has 0 aliphatic rings. The molecule has 1 rings (SSSR count). The molecule has 0 bridgehead atoms. The third-order valence-corrected chi connectivity index (χ3v) is 2.58. The van der Waals surface area contributed by atoms with Crippen LogP contribution in [0.5, 0.6) is 0 Å². The fourth-order valence-corrected chi connectivity index (χ4v) is 1.66. The van der Waals surface area contributed by atoms with Crippen LogP contribution < -0.4 is 10.2 Å². The maximum absolute atomic E-state index is 11.2. The summed E-state index contributed by atoms with van der Waals surface area (Å²) in [6.45, 7) is 1.11. The lowest BCUT2D eigenvalue weighted by molar-refractivity contribution is -0.383. The Kier molecular flexibility index (Phi) is 6.12. The van der Waals surface area contributed by atoms with Crippen LogP contribution in [-0.2, 0) is 4.74 Å². The molecule has 0 atom stereocenters. The predicted octanol–water partition coefficient (Wildman–Crippen LogP) is 0.793. The number of methoxy groups -OCH3 is 1. The van der Waals surface area contributed by atoms with E-state index in [1.807, 2.05) is 6.07 Å². The number of aromatic nitrogens is 2. The minimum Gasteiger partial charge on any atom is -0.383 e. The Bertz CT molecular complexity index is 501. The van der Waals surface area contributed by atoms with Gasteiger partial charge in [0.2, 0.25) is 11.6 Å². The highest BCUT2D eigenvalue weighted by atomic mass is 16.6. The van der Waals surface area contributed by atoms with E-state index in [-0.39, 0.29) is 23.7 Å². The van der Waals surface area contributed by atoms with Crippen molar-refractivity contribution in [3.8, 4) is 6.07 Å². The highest BCUT2D eigenvalue weighted by Crippen LogP contribution is 2.31. The first-order chi connectivity index (χ1) is 9.65. The molecule has 0 aromatic carbocycles. The van der Waals surface area contributed by atoms with Gasteiger partial charge in [-0.2, -0.15) is 5.26 Å². The zero-order valence-electron chi connectivity index (χ0n) is 11.4. The molecule has 0 saturated carbocycles. The van der Waals surface area contributed by atoms with Crippen molar-refractivity contribution < 1.29 is 9.66 Å². The quantitative estimate of drug-likeness (QED) is 0.548. The largest absolute Gasteiger partial charge is 0.383 e. The number of hydrogen-bond acceptors (Lipinski definition) is 8. The Morgan fingerprint density at radius 2 is 2.30 bits per heavy atom. The van der Waals surface area contributed by atoms with E-state index in [1.165, 1.54) is 13.4 Å². The average Bonchev–Trinajstić information content (AvgIpc) is 2.46. The fraction of sp³-hybridized carbons (Fsp3) is 0.545. The van der Waals surface area contributed by atoms with Crippen molar-refractivity contribution in [3.05, 3.63) is 16.4 Å². The van der Waals surface area contributed by atoms with Crippen molar-refractivity contribution in [2.24, 2.45) is 0 Å². The Morgan fingerprint density at radius 3 is 2.85 bits per heavy atom. The third kappa shape index (κ3) is 3.76. The first-order valence-electron chi connectivity index (χ1n) is 5.93. The Morgan fingerprint density at radius 1 is 1.55 bits per heavy atom. The van der Waals surface area contributed by atoms with Crippen molar-refractivity contribution in [3.63, 3.8) is 0 Å². The van der Waals surface area contributed by atoms with Crippen LogP contribution in [-0.4, -0.2) is 48.7 Å². The second-order valence-corrected chi connectivity index (χ2v) is 3.79. The van der Waals surface area contributed by atoms with E-state index in [1.54, 1.807) is 11.9 Å². The SMILES string of the molecule is CNc1ncnc(N(CCC#N)CCOC)c1[N+](=O)[O-]. The number of anilines is 2. The van der Waals surface area contributed by atoms with Gasteiger partial charge in [0.15, 0.2) is 0 Å². The molecule has 0 unspecified atom stereocenters. The summed E-state index contributed by atoms with van der Waals surface area (Å²) in [5.41, 5.74) is -0.205. The maximum Gasteiger partial charge on any atom is 0.353 e. The molecular weight excluding hydrogens is 264 g/mol. The van der Waals surface area contributed by atoms with Gasteiger partial charge in [0.05, 0.1) is 24.0 Å². The van der Waals surface area contributed by atoms with Gasteiger partial charge in [-0.25, -0.2) is 9.97 Å². The minimum atomic E-state index is -0.534. The number of nitrogens with one attached hydrogen (secondary N) is 1. The number of nitriles is 1. The van der Waals surface area contributed by atoms with Crippen molar-refractivity contribution in [1.29, 1.82) is 5.26 Å². The molecule has 0 aliphatic heterocycles. The predicted molar refractivity (Wildman–Crippen MR) is 72.6 cm³/mol. The molecule has 1 aromatic rings. The Hall–Kier alpha value is -2.47. The fourth-order valence-electron chi connectivity index (χ4n) is 1.66. The van der Waals surface area contributed by atoms with Crippen LogP contribution in [0.1, 0.15) is 6.42 Å². The van der Waals surface area contributed by atoms with Crippen LogP contribution >= 0.6 is 0 Å². The van der Waals surface area contributed by atoms with E-state index in [4.69, 9.17) is 10.00 Å². The van der Waals surface area contributed by atoms with E-state index in [0.29, 0.717) is 19.7 Å². The molecule has 0 spiro atoms. The van der Waals surface area contributed by atoms with Gasteiger partial charge < -0.3 is 15.0 Å². The molecule has 1 N–H and O–H groups in total. The standard InChI is InChI=1S/C11H16N6O3/c1-13-10-9(17(18)19)11(15-8-14-10)16(5-3-4-12)6-7-20-2/h8H,3,5-7H2,1-2H3,(H,13,14,15). The lowest BCUT2D eigenvalue weighted by atomic mass is 10.3. The van der Waals surface area contributed by atoms with E-state index in [0.717, 1.165) is 0 Å². The van der Waals surface area contributed by atoms with Crippen LogP contribution in [0.25, 0.3) is 0 Å². The normalized spacial score (nSPS) is 9.85. The molecule has 0 aliphatic carbocycles. The summed E-state index contributed by atoms with van der Waals surface area (Å²) in [4.78, 5) is 20.1. The lowest BCUT2D eigenvalue weighted by Gasteiger charge is -2.22. The van der Waals surface area contributed by atoms with E-state index >= 15 is 0 Å². The molecular formula is C11H16N6O3. The van der Waals surface area contributed by atoms with E-state index in [9.17, 15) is 10.1 Å². The topological polar surface area (TPSA) is 117 Å². The van der Waals surface area contributed by atoms with Crippen LogP contribution in [0.15, 0.2) is 6.33 Å². The number of nitrogens with zero attached hydrogens (tertiary/aromatic N) is 5. The first-order valence-corrected chi connectivity index (χ1v) is 5.93. The van der Waals surface area contributed by atoms with E-state index in [2.05, 4.69) is 15.3 Å². The van der Waals surface area contributed by atoms with Gasteiger partial charge in [0.1, 0.15) is 6.33 Å². The molecule has 108 valence electrons. The highest BCUT2D eigenvalue weighted by molar-refractivity contribution is 5.70. The molecule has 20 heavy (non-hydrogen) atoms. The number of ether oxygens (including phenoxy) is 1. The summed E-state index contributed by atoms with van der Waals surface area (Å²) >= 11 is 0. The van der Waals surface area contributed by atoms with Gasteiger partial charge in [-0.3, -0.25) is 10.1 Å². The second kappa shape index (κ2) is 7.85. The lowest BCUT2D eigenvalue weighted by Crippen LogP contribution is -2.30. The second-order valence-electron chi connectivity index (χ2n) is 3.79. The molecule has 0 saturated heterocycles. The minimum absolute atomic E-state index is 0.138. The number of nitro groups is 1. The number of rotatable bonds is 8. The first kappa shape index (κ1) is 15.6. The monoisotopic (exact) mass is 280 g/mol. The summed E-state index contributed by atoms with van der Waals surface area (Å²) in [6.07, 6.45) is 1.49. The van der Waals surface area contributed by atoms with Gasteiger partial charge in [-0.1, -0.05) is 0 Å². The zero-order chi connectivity index (χ0) is 15.0. The van der Waals surface area contributed by atoms with Gasteiger partial charge in [0, 0.05) is 27.2 Å². The maximum atomic E-state index is 11.2. The molecule has 0 amide bonds. The van der Waals surface area contributed by atoms with Crippen molar-refractivity contribution in [2.75, 3.05) is 44.1 Å². The zero-order valence-corrected chi connectivity index (χ0v) is 11.4. The molecule has 1 heterocycles. The Balaban J connectivity index is 3.17. The summed E-state index contributed by atoms with van der Waals surface area (Å²) < 4.78 is 4.98. The smallest absolute Gasteiger partial charge is 0.353 e. The third-order valence-electron chi connectivity index (χ3n) is 2.58. The molecule has 9 nitrogen and oxygen atoms in total. The summed E-state index contributed by atoms with van der Waals surface area (Å²) in [7, 11) is 3.09. The summed E-state index contributed by atoms with van der Waals surface area (Å²) in [6, 6.07) is 2.01. The highest BCUT2D eigenvalue weighted by Gasteiger charge is 2.26. The van der Waals surface area contributed by atoms with Crippen molar-refractivity contribution in [2.45, 2.75) is 6.42 Å². The summed E-state index contributed by atoms with van der Waals surface area (Å²) in [5, 5.41) is 22.6. The van der Waals surface area contributed by atoms with Crippen LogP contribution in [0, 0.1) is 21.4 Å². The number of hydrogen-bond donors (Lipinski definition) is 1. The summed E-state index contributed by atoms with van der Waals surface area (Å²) in [5.74, 6) is 0.320. The van der Waals surface area contributed by atoms with Crippen molar-refractivity contribution >= 4 is 17.3 Å². The Labute approximate surface area is 116 Å². The van der Waals surface area contributed by atoms with Crippen LogP contribution in [0.4, 0.5) is 17.3 Å². The molecule has 1 aromatic heterocycles. The average molecular weight is 280 g/mol. The van der Waals surface area contributed by atoms with Gasteiger partial charge in [-0.05, 0) is 0 Å². The van der Waals surface area contributed by atoms with Gasteiger partial charge >= 0.3 is 5.69 Å². The van der Waals surface area contributed by atoms with Crippen LogP contribution in [0.2, 0.25) is 0 Å². The molecule has 9 heteroatoms. The van der Waals surface area contributed by atoms with E-state index < -0.39 is 4.92 Å². The van der Waals surface area contributed by atoms with Gasteiger partial charge in [0.25, 0.3) is 0 Å². The van der Waals surface area contributed by atoms with Crippen molar-refractivity contribution in [1.82, 2.24) is 9.97 Å². The molecule has 0 radical (unpaired) electrons.